The van der Waals surface area contributed by atoms with E-state index in [1.165, 1.54) is 21.6 Å². The summed E-state index contributed by atoms with van der Waals surface area (Å²) in [5.41, 5.74) is 0.0211. The molecular formula is C12H12N2O3S2. The lowest BCUT2D eigenvalue weighted by Crippen LogP contribution is -2.22. The molecular weight excluding hydrogens is 284 g/mol. The lowest BCUT2D eigenvalue weighted by atomic mass is 10.2. The van der Waals surface area contributed by atoms with Crippen LogP contribution in [0.2, 0.25) is 0 Å². The summed E-state index contributed by atoms with van der Waals surface area (Å²) < 4.78 is 0. The number of carbonyl (C=O) groups excluding carboxylic acids is 1. The van der Waals surface area contributed by atoms with Crippen LogP contribution in [0.1, 0.15) is 26.8 Å². The molecule has 2 rings (SSSR count). The minimum Gasteiger partial charge on any atom is -0.476 e. The van der Waals surface area contributed by atoms with E-state index < -0.39 is 5.97 Å². The van der Waals surface area contributed by atoms with Gasteiger partial charge in [0, 0.05) is 16.7 Å². The first-order valence-corrected chi connectivity index (χ1v) is 7.38. The van der Waals surface area contributed by atoms with Gasteiger partial charge in [-0.15, -0.1) is 22.7 Å². The minimum absolute atomic E-state index is 0.0211. The maximum atomic E-state index is 11.6. The second-order valence-corrected chi connectivity index (χ2v) is 5.76. The van der Waals surface area contributed by atoms with Gasteiger partial charge in [-0.3, -0.25) is 4.79 Å². The van der Waals surface area contributed by atoms with Crippen molar-refractivity contribution < 1.29 is 14.7 Å². The van der Waals surface area contributed by atoms with Crippen molar-refractivity contribution in [2.24, 2.45) is 0 Å². The second-order valence-electron chi connectivity index (χ2n) is 3.79. The fraction of sp³-hybridized carbons (Fsp3) is 0.250. The topological polar surface area (TPSA) is 79.3 Å². The highest BCUT2D eigenvalue weighted by atomic mass is 32.1. The van der Waals surface area contributed by atoms with Crippen molar-refractivity contribution in [1.82, 2.24) is 10.3 Å². The van der Waals surface area contributed by atoms with Crippen LogP contribution in [0.5, 0.6) is 0 Å². The van der Waals surface area contributed by atoms with Crippen LogP contribution in [-0.4, -0.2) is 22.0 Å². The summed E-state index contributed by atoms with van der Waals surface area (Å²) in [6, 6.07) is 3.96. The van der Waals surface area contributed by atoms with Crippen molar-refractivity contribution in [2.45, 2.75) is 19.4 Å². The smallest absolute Gasteiger partial charge is 0.355 e. The van der Waals surface area contributed by atoms with E-state index in [9.17, 15) is 9.59 Å². The normalized spacial score (nSPS) is 10.3. The predicted molar refractivity (Wildman–Crippen MR) is 73.6 cm³/mol. The first-order chi connectivity index (χ1) is 9.15. The Balaban J connectivity index is 1.75. The number of rotatable bonds is 6. The van der Waals surface area contributed by atoms with Gasteiger partial charge in [-0.25, -0.2) is 9.78 Å². The molecule has 5 nitrogen and oxygen atoms in total. The Labute approximate surface area is 117 Å². The van der Waals surface area contributed by atoms with Gasteiger partial charge in [-0.05, 0) is 17.9 Å². The highest BCUT2D eigenvalue weighted by Gasteiger charge is 2.09. The van der Waals surface area contributed by atoms with Crippen molar-refractivity contribution in [2.75, 3.05) is 0 Å². The van der Waals surface area contributed by atoms with Crippen molar-refractivity contribution in [3.63, 3.8) is 0 Å². The number of hydrogen-bond acceptors (Lipinski definition) is 5. The molecule has 0 unspecified atom stereocenters. The summed E-state index contributed by atoms with van der Waals surface area (Å²) in [5.74, 6) is -1.10. The third-order valence-corrected chi connectivity index (χ3v) is 4.17. The molecule has 1 amide bonds. The Morgan fingerprint density at radius 2 is 2.21 bits per heavy atom. The highest BCUT2D eigenvalue weighted by molar-refractivity contribution is 7.10. The molecule has 0 aromatic carbocycles. The SMILES string of the molecule is O=C(CCc1cccs1)NCc1nc(C(=O)O)cs1. The van der Waals surface area contributed by atoms with E-state index in [1.54, 1.807) is 11.3 Å². The lowest BCUT2D eigenvalue weighted by molar-refractivity contribution is -0.121. The van der Waals surface area contributed by atoms with Crippen molar-refractivity contribution in [3.8, 4) is 0 Å². The van der Waals surface area contributed by atoms with Crippen LogP contribution in [0.4, 0.5) is 0 Å². The number of aromatic nitrogens is 1. The number of thiophene rings is 1. The van der Waals surface area contributed by atoms with E-state index in [2.05, 4.69) is 10.3 Å². The number of amides is 1. The fourth-order valence-electron chi connectivity index (χ4n) is 1.44. The molecule has 2 aromatic heterocycles. The third-order valence-electron chi connectivity index (χ3n) is 2.39. The van der Waals surface area contributed by atoms with E-state index >= 15 is 0 Å². The Kier molecular flexibility index (Phi) is 4.64. The Morgan fingerprint density at radius 3 is 2.84 bits per heavy atom. The average molecular weight is 296 g/mol. The van der Waals surface area contributed by atoms with Gasteiger partial charge in [-0.2, -0.15) is 0 Å². The largest absolute Gasteiger partial charge is 0.476 e. The molecule has 0 bridgehead atoms. The molecule has 0 spiro atoms. The van der Waals surface area contributed by atoms with Crippen molar-refractivity contribution in [1.29, 1.82) is 0 Å². The third kappa shape index (κ3) is 4.15. The molecule has 0 aliphatic heterocycles. The van der Waals surface area contributed by atoms with Gasteiger partial charge in [-0.1, -0.05) is 6.07 Å². The minimum atomic E-state index is -1.05. The standard InChI is InChI=1S/C12H12N2O3S2/c15-10(4-3-8-2-1-5-18-8)13-6-11-14-9(7-19-11)12(16)17/h1-2,5,7H,3-4,6H2,(H,13,15)(H,16,17). The van der Waals surface area contributed by atoms with E-state index in [1.807, 2.05) is 17.5 Å². The maximum absolute atomic E-state index is 11.6. The summed E-state index contributed by atoms with van der Waals surface area (Å²) >= 11 is 2.86. The Hall–Kier alpha value is -1.73. The summed E-state index contributed by atoms with van der Waals surface area (Å²) in [7, 11) is 0. The number of aromatic carboxylic acids is 1. The molecule has 2 N–H and O–H groups in total. The van der Waals surface area contributed by atoms with Crippen LogP contribution >= 0.6 is 22.7 Å². The van der Waals surface area contributed by atoms with Gasteiger partial charge in [0.05, 0.1) is 6.54 Å². The van der Waals surface area contributed by atoms with Crippen LogP contribution in [0, 0.1) is 0 Å². The molecule has 19 heavy (non-hydrogen) atoms. The number of carboxylic acid groups (broad SMARTS) is 1. The molecule has 0 aliphatic rings. The molecule has 0 saturated heterocycles. The maximum Gasteiger partial charge on any atom is 0.355 e. The van der Waals surface area contributed by atoms with Crippen LogP contribution in [-0.2, 0) is 17.8 Å². The van der Waals surface area contributed by atoms with Gasteiger partial charge in [0.25, 0.3) is 0 Å². The summed E-state index contributed by atoms with van der Waals surface area (Å²) in [6.07, 6.45) is 1.15. The van der Waals surface area contributed by atoms with Crippen LogP contribution in [0.25, 0.3) is 0 Å². The highest BCUT2D eigenvalue weighted by Crippen LogP contribution is 2.11. The molecule has 2 heterocycles. The Bertz CT molecular complexity index is 563. The van der Waals surface area contributed by atoms with E-state index in [0.29, 0.717) is 11.4 Å². The molecule has 7 heteroatoms. The van der Waals surface area contributed by atoms with E-state index in [4.69, 9.17) is 5.11 Å². The number of aryl methyl sites for hydroxylation is 1. The molecule has 0 saturated carbocycles. The molecule has 0 aliphatic carbocycles. The quantitative estimate of drug-likeness (QED) is 0.856. The van der Waals surface area contributed by atoms with Crippen LogP contribution in [0.3, 0.4) is 0 Å². The fourth-order valence-corrected chi connectivity index (χ4v) is 2.86. The summed E-state index contributed by atoms with van der Waals surface area (Å²) in [4.78, 5) is 27.3. The van der Waals surface area contributed by atoms with E-state index in [-0.39, 0.29) is 18.1 Å². The first kappa shape index (κ1) is 13.7. The number of hydrogen-bond donors (Lipinski definition) is 2. The van der Waals surface area contributed by atoms with Crippen LogP contribution < -0.4 is 5.32 Å². The molecule has 0 radical (unpaired) electrons. The number of carbonyl (C=O) groups is 2. The first-order valence-electron chi connectivity index (χ1n) is 5.62. The van der Waals surface area contributed by atoms with Crippen LogP contribution in [0.15, 0.2) is 22.9 Å². The molecule has 0 atom stereocenters. The average Bonchev–Trinajstić information content (AvgIpc) is 3.05. The zero-order valence-corrected chi connectivity index (χ0v) is 11.6. The van der Waals surface area contributed by atoms with Gasteiger partial charge in [0.15, 0.2) is 5.69 Å². The lowest BCUT2D eigenvalue weighted by Gasteiger charge is -2.01. The monoisotopic (exact) mass is 296 g/mol. The van der Waals surface area contributed by atoms with Crippen molar-refractivity contribution >= 4 is 34.6 Å². The zero-order chi connectivity index (χ0) is 13.7. The van der Waals surface area contributed by atoms with Gasteiger partial charge < -0.3 is 10.4 Å². The van der Waals surface area contributed by atoms with Gasteiger partial charge in [0.2, 0.25) is 5.91 Å². The molecule has 100 valence electrons. The summed E-state index contributed by atoms with van der Waals surface area (Å²) in [6.45, 7) is 0.279. The Morgan fingerprint density at radius 1 is 1.37 bits per heavy atom. The van der Waals surface area contributed by atoms with Gasteiger partial charge in [0.1, 0.15) is 5.01 Å². The zero-order valence-electron chi connectivity index (χ0n) is 9.96. The molecule has 2 aromatic rings. The predicted octanol–water partition coefficient (Wildman–Crippen LogP) is 2.15. The summed E-state index contributed by atoms with van der Waals surface area (Å²) in [5, 5.41) is 15.5. The number of nitrogens with zero attached hydrogens (tertiary/aromatic N) is 1. The van der Waals surface area contributed by atoms with E-state index in [0.717, 1.165) is 6.42 Å². The number of thiazole rings is 1. The number of nitrogens with one attached hydrogen (secondary N) is 1. The second kappa shape index (κ2) is 6.44. The number of carboxylic acids is 1. The van der Waals surface area contributed by atoms with Crippen molar-refractivity contribution in [3.05, 3.63) is 38.5 Å². The van der Waals surface area contributed by atoms with Gasteiger partial charge >= 0.3 is 5.97 Å². The molecule has 0 fully saturated rings.